The summed E-state index contributed by atoms with van der Waals surface area (Å²) in [6.45, 7) is 6.03. The molecule has 0 atom stereocenters. The van der Waals surface area contributed by atoms with E-state index in [1.807, 2.05) is 44.2 Å². The molecule has 0 heterocycles. The number of aryl methyl sites for hydroxylation is 1. The van der Waals surface area contributed by atoms with Crippen LogP contribution in [0.3, 0.4) is 0 Å². The van der Waals surface area contributed by atoms with E-state index in [1.165, 1.54) is 5.56 Å². The van der Waals surface area contributed by atoms with Gasteiger partial charge in [-0.15, -0.1) is 0 Å². The number of aliphatic imine (C=N–C) groups is 1. The molecule has 0 aromatic heterocycles. The maximum atomic E-state index is 8.85. The highest BCUT2D eigenvalue weighted by Gasteiger charge is 2.05. The fourth-order valence-corrected chi connectivity index (χ4v) is 2.37. The first-order chi connectivity index (χ1) is 12.2. The molecule has 2 aromatic rings. The van der Waals surface area contributed by atoms with E-state index in [0.717, 1.165) is 29.4 Å². The molecule has 5 nitrogen and oxygen atoms in total. The Morgan fingerprint density at radius 2 is 1.92 bits per heavy atom. The van der Waals surface area contributed by atoms with Gasteiger partial charge in [0.15, 0.2) is 5.96 Å². The van der Waals surface area contributed by atoms with Gasteiger partial charge in [-0.25, -0.2) is 4.99 Å². The summed E-state index contributed by atoms with van der Waals surface area (Å²) in [7, 11) is 1.68. The lowest BCUT2D eigenvalue weighted by Crippen LogP contribution is -2.36. The molecule has 5 heteroatoms. The van der Waals surface area contributed by atoms with Crippen LogP contribution in [0.2, 0.25) is 0 Å². The van der Waals surface area contributed by atoms with Gasteiger partial charge in [0.25, 0.3) is 0 Å². The molecule has 0 fully saturated rings. The Bertz CT molecular complexity index is 760. The van der Waals surface area contributed by atoms with Gasteiger partial charge in [0.05, 0.1) is 25.3 Å². The second kappa shape index (κ2) is 9.33. The van der Waals surface area contributed by atoms with Crippen LogP contribution in [-0.4, -0.2) is 19.6 Å². The maximum Gasteiger partial charge on any atom is 0.191 e. The van der Waals surface area contributed by atoms with E-state index in [-0.39, 0.29) is 0 Å². The van der Waals surface area contributed by atoms with Crippen molar-refractivity contribution in [2.75, 3.05) is 13.7 Å². The molecule has 0 amide bonds. The Labute approximate surface area is 149 Å². The first-order valence-corrected chi connectivity index (χ1v) is 8.31. The van der Waals surface area contributed by atoms with Gasteiger partial charge in [0.2, 0.25) is 0 Å². The molecule has 0 aliphatic heterocycles. The lowest BCUT2D eigenvalue weighted by atomic mass is 10.1. The molecular weight excluding hydrogens is 312 g/mol. The summed E-state index contributed by atoms with van der Waals surface area (Å²) in [5, 5.41) is 15.4. The summed E-state index contributed by atoms with van der Waals surface area (Å²) in [4.78, 5) is 4.60. The van der Waals surface area contributed by atoms with Crippen LogP contribution in [0.5, 0.6) is 5.75 Å². The Morgan fingerprint density at radius 3 is 2.56 bits per heavy atom. The minimum absolute atomic E-state index is 0.548. The Balaban J connectivity index is 2.03. The van der Waals surface area contributed by atoms with Crippen LogP contribution in [0.1, 0.15) is 29.2 Å². The summed E-state index contributed by atoms with van der Waals surface area (Å²) >= 11 is 0. The molecule has 0 aliphatic carbocycles. The SMILES string of the molecule is CCNC(=NCc1ccc(C#N)cc1)NCc1ccc(C)cc1OC. The Morgan fingerprint density at radius 1 is 1.16 bits per heavy atom. The summed E-state index contributed by atoms with van der Waals surface area (Å²) in [5.74, 6) is 1.62. The fraction of sp³-hybridized carbons (Fsp3) is 0.300. The summed E-state index contributed by atoms with van der Waals surface area (Å²) in [5.41, 5.74) is 3.97. The van der Waals surface area contributed by atoms with Crippen LogP contribution in [-0.2, 0) is 13.1 Å². The van der Waals surface area contributed by atoms with E-state index < -0.39 is 0 Å². The molecule has 130 valence electrons. The van der Waals surface area contributed by atoms with Gasteiger partial charge >= 0.3 is 0 Å². The molecule has 0 spiro atoms. The largest absolute Gasteiger partial charge is 0.496 e. The molecule has 2 N–H and O–H groups in total. The highest BCUT2D eigenvalue weighted by molar-refractivity contribution is 5.79. The molecule has 0 radical (unpaired) electrons. The van der Waals surface area contributed by atoms with Crippen LogP contribution in [0, 0.1) is 18.3 Å². The van der Waals surface area contributed by atoms with Gasteiger partial charge in [-0.1, -0.05) is 24.3 Å². The molecule has 0 bridgehead atoms. The molecule has 0 aliphatic rings. The molecule has 2 aromatic carbocycles. The number of rotatable bonds is 6. The molecule has 0 unspecified atom stereocenters. The van der Waals surface area contributed by atoms with E-state index >= 15 is 0 Å². The van der Waals surface area contributed by atoms with Gasteiger partial charge in [-0.3, -0.25) is 0 Å². The third-order valence-corrected chi connectivity index (χ3v) is 3.74. The van der Waals surface area contributed by atoms with Crippen molar-refractivity contribution in [1.82, 2.24) is 10.6 Å². The van der Waals surface area contributed by atoms with Crippen molar-refractivity contribution < 1.29 is 4.74 Å². The summed E-state index contributed by atoms with van der Waals surface area (Å²) in [6.07, 6.45) is 0. The highest BCUT2D eigenvalue weighted by Crippen LogP contribution is 2.19. The molecular formula is C20H24N4O. The minimum atomic E-state index is 0.548. The number of hydrogen-bond donors (Lipinski definition) is 2. The number of methoxy groups -OCH3 is 1. The average molecular weight is 336 g/mol. The quantitative estimate of drug-likeness (QED) is 0.628. The Kier molecular flexibility index (Phi) is 6.85. The Hall–Kier alpha value is -3.00. The number of guanidine groups is 1. The molecule has 0 saturated carbocycles. The van der Waals surface area contributed by atoms with Crippen LogP contribution >= 0.6 is 0 Å². The van der Waals surface area contributed by atoms with E-state index in [2.05, 4.69) is 33.8 Å². The van der Waals surface area contributed by atoms with Gasteiger partial charge < -0.3 is 15.4 Å². The lowest BCUT2D eigenvalue weighted by molar-refractivity contribution is 0.408. The third-order valence-electron chi connectivity index (χ3n) is 3.74. The van der Waals surface area contributed by atoms with Crippen molar-refractivity contribution >= 4 is 5.96 Å². The number of ether oxygens (including phenoxy) is 1. The van der Waals surface area contributed by atoms with Crippen molar-refractivity contribution in [2.45, 2.75) is 26.9 Å². The van der Waals surface area contributed by atoms with Gasteiger partial charge in [0, 0.05) is 18.7 Å². The molecule has 2 rings (SSSR count). The van der Waals surface area contributed by atoms with E-state index in [4.69, 9.17) is 10.00 Å². The number of nitrogens with one attached hydrogen (secondary N) is 2. The van der Waals surface area contributed by atoms with Crippen molar-refractivity contribution in [2.24, 2.45) is 4.99 Å². The number of nitriles is 1. The number of nitrogens with zero attached hydrogens (tertiary/aromatic N) is 2. The van der Waals surface area contributed by atoms with Crippen LogP contribution in [0.15, 0.2) is 47.5 Å². The highest BCUT2D eigenvalue weighted by atomic mass is 16.5. The number of benzene rings is 2. The van der Waals surface area contributed by atoms with E-state index in [9.17, 15) is 0 Å². The van der Waals surface area contributed by atoms with Crippen LogP contribution in [0.25, 0.3) is 0 Å². The van der Waals surface area contributed by atoms with Crippen molar-refractivity contribution in [1.29, 1.82) is 5.26 Å². The first kappa shape index (κ1) is 18.3. The normalized spacial score (nSPS) is 10.9. The zero-order chi connectivity index (χ0) is 18.1. The lowest BCUT2D eigenvalue weighted by Gasteiger charge is -2.14. The van der Waals surface area contributed by atoms with E-state index in [0.29, 0.717) is 18.7 Å². The van der Waals surface area contributed by atoms with Crippen LogP contribution in [0.4, 0.5) is 0 Å². The van der Waals surface area contributed by atoms with Crippen LogP contribution < -0.4 is 15.4 Å². The summed E-state index contributed by atoms with van der Waals surface area (Å²) in [6, 6.07) is 15.7. The zero-order valence-corrected chi connectivity index (χ0v) is 15.0. The van der Waals surface area contributed by atoms with Crippen molar-refractivity contribution in [3.8, 4) is 11.8 Å². The van der Waals surface area contributed by atoms with Crippen molar-refractivity contribution in [3.63, 3.8) is 0 Å². The predicted molar refractivity (Wildman–Crippen MR) is 101 cm³/mol. The second-order valence-electron chi connectivity index (χ2n) is 5.67. The van der Waals surface area contributed by atoms with Gasteiger partial charge in [-0.05, 0) is 43.2 Å². The predicted octanol–water partition coefficient (Wildman–Crippen LogP) is 3.13. The monoisotopic (exact) mass is 336 g/mol. The first-order valence-electron chi connectivity index (χ1n) is 8.31. The maximum absolute atomic E-state index is 8.85. The smallest absolute Gasteiger partial charge is 0.191 e. The second-order valence-corrected chi connectivity index (χ2v) is 5.67. The summed E-state index contributed by atoms with van der Waals surface area (Å²) < 4.78 is 5.44. The van der Waals surface area contributed by atoms with Gasteiger partial charge in [-0.2, -0.15) is 5.26 Å². The minimum Gasteiger partial charge on any atom is -0.496 e. The standard InChI is InChI=1S/C20H24N4O/c1-4-22-20(23-13-17-8-6-16(12-21)7-9-17)24-14-18-10-5-15(2)11-19(18)25-3/h5-11H,4,13-14H2,1-3H3,(H2,22,23,24). The van der Waals surface area contributed by atoms with Crippen molar-refractivity contribution in [3.05, 3.63) is 64.7 Å². The third kappa shape index (κ3) is 5.54. The zero-order valence-electron chi connectivity index (χ0n) is 15.0. The molecule has 25 heavy (non-hydrogen) atoms. The average Bonchev–Trinajstić information content (AvgIpc) is 2.65. The molecule has 0 saturated heterocycles. The topological polar surface area (TPSA) is 69.4 Å². The number of hydrogen-bond acceptors (Lipinski definition) is 3. The van der Waals surface area contributed by atoms with Gasteiger partial charge in [0.1, 0.15) is 5.75 Å². The fourth-order valence-electron chi connectivity index (χ4n) is 2.37. The van der Waals surface area contributed by atoms with E-state index in [1.54, 1.807) is 7.11 Å².